The minimum Gasteiger partial charge on any atom is -0.463 e. The van der Waals surface area contributed by atoms with E-state index in [1.165, 1.54) is 63.8 Å². The number of nitriles is 2. The molecule has 0 spiro atoms. The molecule has 9 aromatic heterocycles. The summed E-state index contributed by atoms with van der Waals surface area (Å²) in [5.41, 5.74) is 16.7. The Morgan fingerprint density at radius 1 is 0.468 bits per heavy atom. The van der Waals surface area contributed by atoms with Crippen molar-refractivity contribution in [3.05, 3.63) is 296 Å². The first kappa shape index (κ1) is 90.0. The fourth-order valence-electron chi connectivity index (χ4n) is 7.62. The number of ether oxygens (including phenoxy) is 2. The standard InChI is InChI=1S/C19H16ClFN4O3S.C13H14N4O.C13H10N4O.C7H5N3O2.C6H5BrN2O2.C6H3Cl2FO2S.C6H8N2.ClH/c20-16-8-15(4-5-17(16)21)29(27,28)25-12-14-10-23-19(24-11-14)18(26)6-3-13-2-1-7-22-9-13;2*14-6-11-8-16-13(17-9-11)12(18)4-3-10-2-1-5-15-7-10;1-12-7(11)6-9-3-5(2-8)4-10-6;1-11-6(10)5-8-2-4(7)3-9-5;7-5-3-4(12(8,10)11)1-2-6(5)9;7-4-6-2-1-3-8-5-6;/h1-2,4-5,7-11,25H,3,6,12H2;1-2,5,7-9H,3-4,6,14H2;1-2,5,7-9H,3-4H2;3-4H,1H3;2-3H,1H3;1-3H;1-3,5H,4,7H2;1H. The molecule has 0 fully saturated rings. The van der Waals surface area contributed by atoms with Crippen LogP contribution in [0.5, 0.6) is 0 Å². The molecule has 0 bridgehead atoms. The van der Waals surface area contributed by atoms with Gasteiger partial charge in [0.25, 0.3) is 9.05 Å². The molecule has 564 valence electrons. The van der Waals surface area contributed by atoms with Crippen LogP contribution < -0.4 is 16.2 Å². The van der Waals surface area contributed by atoms with E-state index in [4.69, 9.17) is 55.9 Å². The van der Waals surface area contributed by atoms with Gasteiger partial charge in [0.15, 0.2) is 34.8 Å². The number of methoxy groups -OCH3 is 2. The zero-order valence-corrected chi connectivity index (χ0v) is 63.4. The number of aryl methyl sites for hydroxylation is 3. The molecule has 5 N–H and O–H groups in total. The predicted octanol–water partition coefficient (Wildman–Crippen LogP) is 10.2. The van der Waals surface area contributed by atoms with Gasteiger partial charge in [0.1, 0.15) is 23.8 Å². The number of pyridine rings is 4. The van der Waals surface area contributed by atoms with Gasteiger partial charge in [0.05, 0.1) is 49.7 Å². The van der Waals surface area contributed by atoms with Crippen molar-refractivity contribution in [2.24, 2.45) is 11.5 Å². The van der Waals surface area contributed by atoms with Gasteiger partial charge < -0.3 is 20.9 Å². The van der Waals surface area contributed by atoms with Crippen LogP contribution in [0, 0.1) is 34.3 Å². The van der Waals surface area contributed by atoms with Crippen molar-refractivity contribution in [2.45, 2.75) is 68.0 Å². The SMILES string of the molecule is COC(=O)c1ncc(Br)cn1.COC(=O)c1ncc(C#N)cn1.Cl.N#Cc1cnc(C(=O)CCc2cccnc2)nc1.NCc1cccnc1.NCc1cnc(C(=O)CCc2cccnc2)nc1.O=C(CCc1cccnc1)c1ncc(CNS(=O)(=O)c2ccc(F)c(Cl)c2)cn1.O=S(=O)(Cl)c1ccc(F)c(Cl)c1. The molecule has 0 saturated carbocycles. The number of rotatable bonds is 21. The van der Waals surface area contributed by atoms with E-state index < -0.39 is 42.6 Å². The van der Waals surface area contributed by atoms with Crippen LogP contribution in [0.3, 0.4) is 0 Å². The van der Waals surface area contributed by atoms with Crippen LogP contribution in [0.4, 0.5) is 8.78 Å². The highest BCUT2D eigenvalue weighted by Gasteiger charge is 2.18. The summed E-state index contributed by atoms with van der Waals surface area (Å²) < 4.78 is 83.5. The Morgan fingerprint density at radius 3 is 1.10 bits per heavy atom. The van der Waals surface area contributed by atoms with Gasteiger partial charge in [-0.3, -0.25) is 34.3 Å². The number of nitrogens with two attached hydrogens (primary N) is 2. The molecule has 11 aromatic rings. The Bertz CT molecular complexity index is 5040. The predicted molar refractivity (Wildman–Crippen MR) is 398 cm³/mol. The number of hydrogen-bond acceptors (Lipinski definition) is 29. The number of hydrogen-bond donors (Lipinski definition) is 3. The lowest BCUT2D eigenvalue weighted by Crippen LogP contribution is -2.23. The van der Waals surface area contributed by atoms with Crippen LogP contribution in [0.2, 0.25) is 10.0 Å². The normalized spacial score (nSPS) is 10.2. The van der Waals surface area contributed by atoms with Crippen molar-refractivity contribution in [1.29, 1.82) is 10.5 Å². The molecule has 30 nitrogen and oxygen atoms in total. The Labute approximate surface area is 652 Å². The van der Waals surface area contributed by atoms with Crippen LogP contribution in [-0.4, -0.2) is 130 Å². The molecule has 0 radical (unpaired) electrons. The van der Waals surface area contributed by atoms with E-state index in [1.807, 2.05) is 54.6 Å². The third-order valence-corrected chi connectivity index (χ3v) is 16.9. The molecular weight excluding hydrogens is 1610 g/mol. The van der Waals surface area contributed by atoms with Crippen LogP contribution in [-0.2, 0) is 67.4 Å². The van der Waals surface area contributed by atoms with E-state index >= 15 is 0 Å². The molecule has 0 aliphatic rings. The average Bonchev–Trinajstić information content (AvgIpc) is 0.826. The number of carbonyl (C=O) groups excluding carboxylic acids is 5. The first-order valence-electron chi connectivity index (χ1n) is 30.9. The molecule has 11 rings (SSSR count). The van der Waals surface area contributed by atoms with Gasteiger partial charge in [-0.15, -0.1) is 12.4 Å². The minimum absolute atomic E-state index is 0. The first-order valence-corrected chi connectivity index (χ1v) is 36.2. The quantitative estimate of drug-likeness (QED) is 0.0342. The lowest BCUT2D eigenvalue weighted by atomic mass is 10.1. The summed E-state index contributed by atoms with van der Waals surface area (Å²) in [7, 11) is -0.215. The van der Waals surface area contributed by atoms with Gasteiger partial charge in [-0.1, -0.05) is 47.5 Å². The molecule has 0 saturated heterocycles. The smallest absolute Gasteiger partial charge is 0.376 e. The maximum Gasteiger partial charge on any atom is 0.376 e. The zero-order valence-electron chi connectivity index (χ0n) is 57.1. The Hall–Kier alpha value is -11.4. The van der Waals surface area contributed by atoms with Gasteiger partial charge in [-0.05, 0) is 118 Å². The highest BCUT2D eigenvalue weighted by molar-refractivity contribution is 9.10. The molecule has 39 heteroatoms. The molecule has 109 heavy (non-hydrogen) atoms. The second kappa shape index (κ2) is 48.1. The zero-order chi connectivity index (χ0) is 78.9. The summed E-state index contributed by atoms with van der Waals surface area (Å²) in [6.45, 7) is 0.861. The average molecular weight is 1670 g/mol. The third-order valence-electron chi connectivity index (χ3n) is 13.2. The fraction of sp³-hybridized carbons (Fsp3) is 0.157. The van der Waals surface area contributed by atoms with Crippen molar-refractivity contribution in [1.82, 2.24) is 74.5 Å². The van der Waals surface area contributed by atoms with Crippen LogP contribution >= 0.6 is 62.2 Å². The van der Waals surface area contributed by atoms with Gasteiger partial charge in [-0.2, -0.15) is 10.5 Å². The summed E-state index contributed by atoms with van der Waals surface area (Å²) in [6, 6.07) is 24.9. The number of esters is 2. The van der Waals surface area contributed by atoms with E-state index in [0.29, 0.717) is 61.9 Å². The summed E-state index contributed by atoms with van der Waals surface area (Å²) in [5, 5.41) is 16.4. The lowest BCUT2D eigenvalue weighted by molar-refractivity contribution is 0.0578. The van der Waals surface area contributed by atoms with E-state index in [0.717, 1.165) is 68.7 Å². The maximum absolute atomic E-state index is 13.2. The summed E-state index contributed by atoms with van der Waals surface area (Å²) in [4.78, 5) is 111. The van der Waals surface area contributed by atoms with E-state index in [-0.39, 0.29) is 91.7 Å². The van der Waals surface area contributed by atoms with E-state index in [2.05, 4.69) is 99.9 Å². The van der Waals surface area contributed by atoms with Crippen molar-refractivity contribution in [3.63, 3.8) is 0 Å². The monoisotopic (exact) mass is 1670 g/mol. The number of Topliss-reactive ketones (excluding diaryl/α,β-unsaturated/α-hetero) is 3. The Kier molecular flexibility index (Phi) is 39.7. The molecule has 0 aliphatic heterocycles. The van der Waals surface area contributed by atoms with Crippen LogP contribution in [0.25, 0.3) is 0 Å². The second-order valence-electron chi connectivity index (χ2n) is 20.9. The molecular formula is C70H62BrCl4F2N19O11S2. The Balaban J connectivity index is 0.000000279. The second-order valence-corrected chi connectivity index (χ2v) is 27.0. The summed E-state index contributed by atoms with van der Waals surface area (Å²) >= 11 is 14.1. The largest absolute Gasteiger partial charge is 0.463 e. The number of nitrogens with one attached hydrogen (secondary N) is 1. The lowest BCUT2D eigenvalue weighted by Gasteiger charge is -2.07. The van der Waals surface area contributed by atoms with Crippen LogP contribution in [0.15, 0.2) is 211 Å². The van der Waals surface area contributed by atoms with Gasteiger partial charge in [-0.25, -0.2) is 89.8 Å². The molecule has 0 aliphatic carbocycles. The van der Waals surface area contributed by atoms with Crippen molar-refractivity contribution in [2.75, 3.05) is 14.2 Å². The number of halogens is 7. The number of sulfonamides is 1. The molecule has 9 heterocycles. The van der Waals surface area contributed by atoms with Gasteiger partial charge in [0.2, 0.25) is 21.7 Å². The number of aromatic nitrogens is 14. The number of carbonyl (C=O) groups is 5. The van der Waals surface area contributed by atoms with Crippen molar-refractivity contribution >= 4 is 111 Å². The van der Waals surface area contributed by atoms with Crippen molar-refractivity contribution < 1.29 is 59.1 Å². The highest BCUT2D eigenvalue weighted by atomic mass is 79.9. The van der Waals surface area contributed by atoms with Crippen molar-refractivity contribution in [3.8, 4) is 12.1 Å². The summed E-state index contributed by atoms with van der Waals surface area (Å²) in [5.74, 6) is -2.47. The summed E-state index contributed by atoms with van der Waals surface area (Å²) in [6.07, 6.45) is 30.6. The van der Waals surface area contributed by atoms with Crippen LogP contribution in [0.1, 0.15) is 117 Å². The number of nitrogens with zero attached hydrogens (tertiary/aromatic N) is 16. The minimum atomic E-state index is -3.89. The number of ketones is 3. The molecule has 0 amide bonds. The fourth-order valence-corrected chi connectivity index (χ4v) is 10.1. The van der Waals surface area contributed by atoms with Gasteiger partial charge >= 0.3 is 11.9 Å². The Morgan fingerprint density at radius 2 is 0.789 bits per heavy atom. The maximum atomic E-state index is 13.2. The van der Waals surface area contributed by atoms with Gasteiger partial charge in [0, 0.05) is 172 Å². The highest BCUT2D eigenvalue weighted by Crippen LogP contribution is 2.23. The molecule has 2 aromatic carbocycles. The topological polar surface area (TPSA) is 464 Å². The first-order chi connectivity index (χ1) is 51.8. The van der Waals surface area contributed by atoms with E-state index in [9.17, 15) is 49.6 Å². The van der Waals surface area contributed by atoms with E-state index in [1.54, 1.807) is 68.0 Å². The number of benzene rings is 2. The molecule has 0 unspecified atom stereocenters. The third kappa shape index (κ3) is 33.1. The molecule has 0 atom stereocenters.